The van der Waals surface area contributed by atoms with E-state index < -0.39 is 124 Å². The minimum absolute atomic E-state index is 0.250. The van der Waals surface area contributed by atoms with Gasteiger partial charge in [0.15, 0.2) is 18.9 Å². The fraction of sp³-hybridized carbons (Fsp3) is 0.841. The number of aliphatic hydroxyl groups excluding tert-OH is 11. The quantitative estimate of drug-likeness (QED) is 0.0200. The van der Waals surface area contributed by atoms with Gasteiger partial charge in [-0.15, -0.1) is 0 Å². The summed E-state index contributed by atoms with van der Waals surface area (Å²) in [5, 5.41) is 120. The number of nitrogens with one attached hydrogen (secondary N) is 1. The second-order valence-electron chi connectivity index (χ2n) is 24.6. The van der Waals surface area contributed by atoms with Crippen LogP contribution >= 0.6 is 0 Å². The predicted molar refractivity (Wildman–Crippen MR) is 342 cm³/mol. The standard InChI is InChI=1S/C69H123NO18/c1-3-5-7-9-10-11-12-13-14-15-16-17-18-19-20-21-22-23-24-25-26-27-28-29-30-31-32-33-34-35-36-37-38-39-40-41-42-43-45-47-57(75)70-52(53(74)46-44-8-6-4-2)51-83-67-63(81)60(78)65(55(49-72)85-67)88-69-64(82)61(79)66(56(50-73)86-69)87-68-62(80)59(77)58(76)54(48-71)84-68/h5,7,10-11,13-14,16-17,19-20,52-56,58-69,71-74,76-82H,3-4,6,8-9,12,15,18,21-51H2,1-2H3,(H,70,75)/b7-5-,11-10-,14-13-,17-16-,20-19-. The number of hydrogen-bond donors (Lipinski definition) is 12. The lowest BCUT2D eigenvalue weighted by Crippen LogP contribution is -2.66. The topological polar surface area (TPSA) is 307 Å². The predicted octanol–water partition coefficient (Wildman–Crippen LogP) is 8.77. The van der Waals surface area contributed by atoms with Gasteiger partial charge in [-0.2, -0.15) is 0 Å². The first-order valence-corrected chi connectivity index (χ1v) is 34.5. The first kappa shape index (κ1) is 79.7. The summed E-state index contributed by atoms with van der Waals surface area (Å²) >= 11 is 0. The minimum atomic E-state index is -1.97. The number of amides is 1. The van der Waals surface area contributed by atoms with Crippen LogP contribution in [0.2, 0.25) is 0 Å². The van der Waals surface area contributed by atoms with Gasteiger partial charge in [-0.3, -0.25) is 4.79 Å². The Morgan fingerprint density at radius 3 is 1.22 bits per heavy atom. The molecule has 19 nitrogen and oxygen atoms in total. The van der Waals surface area contributed by atoms with Crippen molar-refractivity contribution in [3.63, 3.8) is 0 Å². The lowest BCUT2D eigenvalue weighted by molar-refractivity contribution is -0.379. The molecule has 0 aromatic rings. The van der Waals surface area contributed by atoms with Crippen LogP contribution in [-0.2, 0) is 33.2 Å². The van der Waals surface area contributed by atoms with Crippen LogP contribution in [0, 0.1) is 0 Å². The van der Waals surface area contributed by atoms with Gasteiger partial charge in [-0.1, -0.05) is 235 Å². The van der Waals surface area contributed by atoms with Crippen molar-refractivity contribution in [2.75, 3.05) is 26.4 Å². The molecular weight excluding hydrogens is 1130 g/mol. The van der Waals surface area contributed by atoms with E-state index in [1.807, 2.05) is 0 Å². The number of carbonyl (C=O) groups excluding carboxylic acids is 1. The summed E-state index contributed by atoms with van der Waals surface area (Å²) < 4.78 is 34.1. The van der Waals surface area contributed by atoms with Gasteiger partial charge >= 0.3 is 0 Å². The molecule has 0 aromatic carbocycles. The summed E-state index contributed by atoms with van der Waals surface area (Å²) in [6.07, 6.45) is 35.9. The highest BCUT2D eigenvalue weighted by Crippen LogP contribution is 2.33. The molecule has 0 radical (unpaired) electrons. The number of aliphatic hydroxyl groups is 11. The Morgan fingerprint density at radius 2 is 0.784 bits per heavy atom. The lowest BCUT2D eigenvalue weighted by atomic mass is 9.96. The molecule has 512 valence electrons. The summed E-state index contributed by atoms with van der Waals surface area (Å²) in [6.45, 7) is 1.54. The van der Waals surface area contributed by atoms with Crippen molar-refractivity contribution in [3.05, 3.63) is 60.8 Å². The molecule has 3 aliphatic rings. The van der Waals surface area contributed by atoms with E-state index in [1.54, 1.807) is 0 Å². The molecule has 1 amide bonds. The first-order chi connectivity index (χ1) is 42.8. The number of unbranched alkanes of at least 4 members (excludes halogenated alkanes) is 26. The zero-order chi connectivity index (χ0) is 64.0. The van der Waals surface area contributed by atoms with Gasteiger partial charge in [-0.05, 0) is 57.8 Å². The number of ether oxygens (including phenoxy) is 6. The van der Waals surface area contributed by atoms with Gasteiger partial charge in [0, 0.05) is 6.42 Å². The van der Waals surface area contributed by atoms with Gasteiger partial charge in [0.1, 0.15) is 73.2 Å². The molecule has 0 bridgehead atoms. The fourth-order valence-electron chi connectivity index (χ4n) is 11.5. The molecule has 3 fully saturated rings. The summed E-state index contributed by atoms with van der Waals surface area (Å²) in [5.41, 5.74) is 0. The third-order valence-corrected chi connectivity index (χ3v) is 17.1. The zero-order valence-corrected chi connectivity index (χ0v) is 53.9. The number of allylic oxidation sites excluding steroid dienone is 10. The maximum absolute atomic E-state index is 13.2. The molecule has 19 heteroatoms. The van der Waals surface area contributed by atoms with Crippen molar-refractivity contribution in [2.24, 2.45) is 0 Å². The molecule has 0 aromatic heterocycles. The van der Waals surface area contributed by atoms with Crippen LogP contribution in [0.1, 0.15) is 239 Å². The zero-order valence-electron chi connectivity index (χ0n) is 53.9. The third-order valence-electron chi connectivity index (χ3n) is 17.1. The second kappa shape index (κ2) is 51.0. The largest absolute Gasteiger partial charge is 0.394 e. The van der Waals surface area contributed by atoms with E-state index in [0.29, 0.717) is 19.3 Å². The van der Waals surface area contributed by atoms with E-state index in [2.05, 4.69) is 79.9 Å². The van der Waals surface area contributed by atoms with E-state index >= 15 is 0 Å². The Hall–Kier alpha value is -2.51. The Morgan fingerprint density at radius 1 is 0.420 bits per heavy atom. The fourth-order valence-corrected chi connectivity index (χ4v) is 11.5. The summed E-state index contributed by atoms with van der Waals surface area (Å²) in [7, 11) is 0. The molecule has 0 aliphatic carbocycles. The Kier molecular flexibility index (Phi) is 46.2. The van der Waals surface area contributed by atoms with Crippen LogP contribution in [0.3, 0.4) is 0 Å². The SMILES string of the molecule is CC/C=C\C/C=C\C/C=C\C/C=C\C/C=C\CCCCCCCCCCCCCCCCCCCCCCCCCC(=O)NC(COC1OC(CO)C(OC2OC(CO)C(OC3OC(CO)C(O)C(O)C3O)C(O)C2O)C(O)C1O)C(O)CCCCCC. The molecule has 17 atom stereocenters. The smallest absolute Gasteiger partial charge is 0.220 e. The number of rotatable bonds is 52. The van der Waals surface area contributed by atoms with Crippen LogP contribution in [0.25, 0.3) is 0 Å². The van der Waals surface area contributed by atoms with Crippen molar-refractivity contribution >= 4 is 5.91 Å². The van der Waals surface area contributed by atoms with Crippen molar-refractivity contribution in [2.45, 2.75) is 343 Å². The summed E-state index contributed by atoms with van der Waals surface area (Å²) in [4.78, 5) is 13.2. The van der Waals surface area contributed by atoms with Gasteiger partial charge < -0.3 is 89.9 Å². The first-order valence-electron chi connectivity index (χ1n) is 34.5. The van der Waals surface area contributed by atoms with Gasteiger partial charge in [0.2, 0.25) is 5.91 Å². The van der Waals surface area contributed by atoms with Gasteiger partial charge in [0.05, 0.1) is 38.6 Å². The highest BCUT2D eigenvalue weighted by molar-refractivity contribution is 5.76. The molecule has 88 heavy (non-hydrogen) atoms. The molecule has 0 spiro atoms. The Labute approximate surface area is 528 Å². The summed E-state index contributed by atoms with van der Waals surface area (Å²) in [6, 6.07) is -0.882. The second-order valence-corrected chi connectivity index (χ2v) is 24.6. The van der Waals surface area contributed by atoms with Crippen LogP contribution < -0.4 is 5.32 Å². The van der Waals surface area contributed by atoms with E-state index in [1.165, 1.54) is 128 Å². The Bertz CT molecular complexity index is 1830. The molecule has 3 saturated heterocycles. The normalized spacial score (nSPS) is 28.8. The van der Waals surface area contributed by atoms with Gasteiger partial charge in [0.25, 0.3) is 0 Å². The lowest BCUT2D eigenvalue weighted by Gasteiger charge is -2.48. The van der Waals surface area contributed by atoms with Gasteiger partial charge in [-0.25, -0.2) is 0 Å². The molecule has 12 N–H and O–H groups in total. The molecule has 0 saturated carbocycles. The maximum Gasteiger partial charge on any atom is 0.220 e. The van der Waals surface area contributed by atoms with Crippen LogP contribution in [0.4, 0.5) is 0 Å². The van der Waals surface area contributed by atoms with Crippen LogP contribution in [0.15, 0.2) is 60.8 Å². The average Bonchev–Trinajstić information content (AvgIpc) is 1.13. The Balaban J connectivity index is 1.21. The number of hydrogen-bond acceptors (Lipinski definition) is 18. The van der Waals surface area contributed by atoms with E-state index in [9.17, 15) is 61.0 Å². The molecule has 3 aliphatic heterocycles. The molecular formula is C69H123NO18. The van der Waals surface area contributed by atoms with E-state index in [0.717, 1.165) is 70.6 Å². The highest BCUT2D eigenvalue weighted by Gasteiger charge is 2.53. The van der Waals surface area contributed by atoms with Crippen molar-refractivity contribution < 1.29 is 89.4 Å². The number of carbonyl (C=O) groups is 1. The van der Waals surface area contributed by atoms with Crippen LogP contribution in [0.5, 0.6) is 0 Å². The average molecular weight is 1250 g/mol. The minimum Gasteiger partial charge on any atom is -0.394 e. The van der Waals surface area contributed by atoms with Crippen molar-refractivity contribution in [3.8, 4) is 0 Å². The molecule has 3 rings (SSSR count). The monoisotopic (exact) mass is 1250 g/mol. The maximum atomic E-state index is 13.2. The molecule has 17 unspecified atom stereocenters. The highest BCUT2D eigenvalue weighted by atomic mass is 16.8. The van der Waals surface area contributed by atoms with E-state index in [4.69, 9.17) is 28.4 Å². The van der Waals surface area contributed by atoms with Crippen LogP contribution in [-0.4, -0.2) is 193 Å². The summed E-state index contributed by atoms with van der Waals surface area (Å²) in [5.74, 6) is -0.250. The third kappa shape index (κ3) is 32.9. The molecule has 3 heterocycles. The van der Waals surface area contributed by atoms with E-state index in [-0.39, 0.29) is 18.9 Å². The van der Waals surface area contributed by atoms with Crippen molar-refractivity contribution in [1.29, 1.82) is 0 Å². The van der Waals surface area contributed by atoms with Crippen molar-refractivity contribution in [1.82, 2.24) is 5.32 Å².